The zero-order valence-electron chi connectivity index (χ0n) is 17.8. The van der Waals surface area contributed by atoms with Crippen LogP contribution in [0.4, 0.5) is 0 Å². The van der Waals surface area contributed by atoms with Crippen LogP contribution in [0.1, 0.15) is 34.6 Å². The summed E-state index contributed by atoms with van der Waals surface area (Å²) in [5.41, 5.74) is 1.83. The quantitative estimate of drug-likeness (QED) is 0.370. The van der Waals surface area contributed by atoms with Crippen molar-refractivity contribution < 1.29 is 19.1 Å². The largest absolute Gasteiger partial charge is 0.462 e. The van der Waals surface area contributed by atoms with Crippen molar-refractivity contribution in [3.63, 3.8) is 0 Å². The number of amides is 1. The van der Waals surface area contributed by atoms with Crippen molar-refractivity contribution in [2.75, 3.05) is 6.61 Å². The van der Waals surface area contributed by atoms with Gasteiger partial charge in [0.05, 0.1) is 22.4 Å². The molecule has 6 nitrogen and oxygen atoms in total. The maximum atomic E-state index is 12.9. The average Bonchev–Trinajstić information content (AvgIpc) is 3.16. The van der Waals surface area contributed by atoms with E-state index in [0.717, 1.165) is 10.2 Å². The molecular formula is C25H22N2O4S. The Bertz CT molecular complexity index is 1340. The van der Waals surface area contributed by atoms with Crippen LogP contribution in [-0.2, 0) is 11.3 Å². The number of fused-ring (bicyclic) bond motifs is 1. The lowest BCUT2D eigenvalue weighted by molar-refractivity contribution is 0.0526. The summed E-state index contributed by atoms with van der Waals surface area (Å²) in [6, 6.07) is 21.7. The van der Waals surface area contributed by atoms with Crippen LogP contribution < -0.4 is 9.54 Å². The van der Waals surface area contributed by atoms with Crippen LogP contribution in [0, 0.1) is 0 Å². The molecule has 162 valence electrons. The van der Waals surface area contributed by atoms with Gasteiger partial charge in [-0.15, -0.1) is 0 Å². The standard InChI is InChI=1S/C25H22N2O4S/c1-3-27-21-14-13-18(24(29)30-4-2)16-22(21)32-25(27)26-23(28)17-9-8-12-20(15-17)31-19-10-6-5-7-11-19/h5-16H,3-4H2,1-2H3. The van der Waals surface area contributed by atoms with Crippen molar-refractivity contribution in [3.8, 4) is 11.5 Å². The molecule has 32 heavy (non-hydrogen) atoms. The topological polar surface area (TPSA) is 69.9 Å². The van der Waals surface area contributed by atoms with Crippen LogP contribution in [0.3, 0.4) is 0 Å². The fourth-order valence-electron chi connectivity index (χ4n) is 3.27. The van der Waals surface area contributed by atoms with Crippen LogP contribution in [0.15, 0.2) is 77.8 Å². The lowest BCUT2D eigenvalue weighted by Crippen LogP contribution is -2.15. The number of thiazole rings is 1. The minimum Gasteiger partial charge on any atom is -0.462 e. The highest BCUT2D eigenvalue weighted by atomic mass is 32.1. The second-order valence-electron chi connectivity index (χ2n) is 6.89. The Labute approximate surface area is 189 Å². The maximum absolute atomic E-state index is 12.9. The molecule has 0 saturated carbocycles. The Balaban J connectivity index is 1.67. The van der Waals surface area contributed by atoms with Crippen molar-refractivity contribution >= 4 is 33.4 Å². The Morgan fingerprint density at radius 3 is 2.44 bits per heavy atom. The molecule has 1 aromatic heterocycles. The van der Waals surface area contributed by atoms with Gasteiger partial charge < -0.3 is 14.0 Å². The Kier molecular flexibility index (Phi) is 6.47. The number of carbonyl (C=O) groups is 2. The number of aryl methyl sites for hydroxylation is 1. The van der Waals surface area contributed by atoms with E-state index in [2.05, 4.69) is 4.99 Å². The van der Waals surface area contributed by atoms with Crippen molar-refractivity contribution in [2.45, 2.75) is 20.4 Å². The number of hydrogen-bond donors (Lipinski definition) is 0. The molecule has 0 N–H and O–H groups in total. The van der Waals surface area contributed by atoms with Gasteiger partial charge in [0.2, 0.25) is 0 Å². The fourth-order valence-corrected chi connectivity index (χ4v) is 4.41. The summed E-state index contributed by atoms with van der Waals surface area (Å²) in [6.07, 6.45) is 0. The summed E-state index contributed by atoms with van der Waals surface area (Å²) >= 11 is 1.36. The summed E-state index contributed by atoms with van der Waals surface area (Å²) in [4.78, 5) is 29.9. The zero-order chi connectivity index (χ0) is 22.5. The molecule has 0 radical (unpaired) electrons. The number of aromatic nitrogens is 1. The SMILES string of the molecule is CCOC(=O)c1ccc2c(c1)sc(=NC(=O)c1cccc(Oc3ccccc3)c1)n2CC. The predicted molar refractivity (Wildman–Crippen MR) is 124 cm³/mol. The molecule has 0 atom stereocenters. The van der Waals surface area contributed by atoms with E-state index < -0.39 is 0 Å². The van der Waals surface area contributed by atoms with Gasteiger partial charge in [0, 0.05) is 12.1 Å². The number of nitrogens with zero attached hydrogens (tertiary/aromatic N) is 2. The highest BCUT2D eigenvalue weighted by molar-refractivity contribution is 7.16. The molecule has 1 amide bonds. The van der Waals surface area contributed by atoms with Gasteiger partial charge in [0.1, 0.15) is 11.5 Å². The number of ether oxygens (including phenoxy) is 2. The van der Waals surface area contributed by atoms with Crippen molar-refractivity contribution in [2.24, 2.45) is 4.99 Å². The number of hydrogen-bond acceptors (Lipinski definition) is 5. The van der Waals surface area contributed by atoms with Gasteiger partial charge in [0.15, 0.2) is 4.80 Å². The van der Waals surface area contributed by atoms with Crippen molar-refractivity contribution in [1.82, 2.24) is 4.57 Å². The number of benzene rings is 3. The molecule has 0 aliphatic heterocycles. The second-order valence-corrected chi connectivity index (χ2v) is 7.90. The maximum Gasteiger partial charge on any atom is 0.338 e. The lowest BCUT2D eigenvalue weighted by atomic mass is 10.2. The highest BCUT2D eigenvalue weighted by Crippen LogP contribution is 2.23. The molecule has 0 aliphatic rings. The molecule has 0 aliphatic carbocycles. The first kappa shape index (κ1) is 21.5. The molecular weight excluding hydrogens is 424 g/mol. The van der Waals surface area contributed by atoms with Crippen LogP contribution in [-0.4, -0.2) is 23.1 Å². The van der Waals surface area contributed by atoms with Gasteiger partial charge in [0.25, 0.3) is 5.91 Å². The van der Waals surface area contributed by atoms with E-state index in [9.17, 15) is 9.59 Å². The van der Waals surface area contributed by atoms with Gasteiger partial charge in [-0.2, -0.15) is 4.99 Å². The number of para-hydroxylation sites is 1. The molecule has 0 fully saturated rings. The molecule has 0 unspecified atom stereocenters. The molecule has 4 aromatic rings. The second kappa shape index (κ2) is 9.62. The smallest absolute Gasteiger partial charge is 0.338 e. The number of rotatable bonds is 6. The van der Waals surface area contributed by atoms with E-state index in [-0.39, 0.29) is 11.9 Å². The van der Waals surface area contributed by atoms with E-state index in [4.69, 9.17) is 9.47 Å². The van der Waals surface area contributed by atoms with Crippen LogP contribution >= 0.6 is 11.3 Å². The molecule has 1 heterocycles. The normalized spacial score (nSPS) is 11.5. The van der Waals surface area contributed by atoms with Crippen LogP contribution in [0.5, 0.6) is 11.5 Å². The first-order valence-corrected chi connectivity index (χ1v) is 11.1. The Morgan fingerprint density at radius 1 is 0.906 bits per heavy atom. The van der Waals surface area contributed by atoms with E-state index in [1.54, 1.807) is 43.3 Å². The third-order valence-corrected chi connectivity index (χ3v) is 5.81. The minimum absolute atomic E-state index is 0.318. The summed E-state index contributed by atoms with van der Waals surface area (Å²) in [6.45, 7) is 4.72. The van der Waals surface area contributed by atoms with Crippen LogP contribution in [0.2, 0.25) is 0 Å². The van der Waals surface area contributed by atoms with Gasteiger partial charge in [-0.25, -0.2) is 4.79 Å². The van der Waals surface area contributed by atoms with E-state index in [0.29, 0.717) is 40.6 Å². The van der Waals surface area contributed by atoms with Crippen molar-refractivity contribution in [1.29, 1.82) is 0 Å². The van der Waals surface area contributed by atoms with E-state index in [1.807, 2.05) is 47.9 Å². The van der Waals surface area contributed by atoms with E-state index in [1.165, 1.54) is 11.3 Å². The van der Waals surface area contributed by atoms with Crippen molar-refractivity contribution in [3.05, 3.63) is 88.7 Å². The molecule has 3 aromatic carbocycles. The number of esters is 1. The molecule has 0 bridgehead atoms. The van der Waals surface area contributed by atoms with Gasteiger partial charge >= 0.3 is 5.97 Å². The molecule has 0 spiro atoms. The molecule has 4 rings (SSSR count). The Morgan fingerprint density at radius 2 is 1.69 bits per heavy atom. The summed E-state index contributed by atoms with van der Waals surface area (Å²) in [7, 11) is 0. The third-order valence-electron chi connectivity index (χ3n) is 4.77. The first-order valence-electron chi connectivity index (χ1n) is 10.3. The van der Waals surface area contributed by atoms with Crippen LogP contribution in [0.25, 0.3) is 10.2 Å². The molecule has 7 heteroatoms. The Hall–Kier alpha value is -3.71. The third kappa shape index (κ3) is 4.63. The minimum atomic E-state index is -0.365. The van der Waals surface area contributed by atoms with Gasteiger partial charge in [-0.05, 0) is 62.4 Å². The zero-order valence-corrected chi connectivity index (χ0v) is 18.6. The number of carbonyl (C=O) groups excluding carboxylic acids is 2. The van der Waals surface area contributed by atoms with Gasteiger partial charge in [-0.1, -0.05) is 35.6 Å². The fraction of sp³-hybridized carbons (Fsp3) is 0.160. The summed E-state index contributed by atoms with van der Waals surface area (Å²) in [5, 5.41) is 0. The lowest BCUT2D eigenvalue weighted by Gasteiger charge is -2.06. The first-order chi connectivity index (χ1) is 15.6. The highest BCUT2D eigenvalue weighted by Gasteiger charge is 2.13. The van der Waals surface area contributed by atoms with E-state index >= 15 is 0 Å². The van der Waals surface area contributed by atoms with Gasteiger partial charge in [-0.3, -0.25) is 4.79 Å². The monoisotopic (exact) mass is 446 g/mol. The molecule has 0 saturated heterocycles. The average molecular weight is 447 g/mol. The summed E-state index contributed by atoms with van der Waals surface area (Å²) < 4.78 is 13.7. The summed E-state index contributed by atoms with van der Waals surface area (Å²) in [5.74, 6) is 0.536. The predicted octanol–water partition coefficient (Wildman–Crippen LogP) is 5.43.